The number of carbonyl (C=O) groups is 1. The normalized spacial score (nSPS) is 21.2. The van der Waals surface area contributed by atoms with Crippen LogP contribution in [0, 0.1) is 6.92 Å². The Morgan fingerprint density at radius 3 is 2.61 bits per heavy atom. The summed E-state index contributed by atoms with van der Waals surface area (Å²) in [5, 5.41) is 0. The van der Waals surface area contributed by atoms with Crippen LogP contribution in [0.15, 0.2) is 40.8 Å². The average Bonchev–Trinajstić information content (AvgIpc) is 3.08. The highest BCUT2D eigenvalue weighted by Gasteiger charge is 2.43. The van der Waals surface area contributed by atoms with E-state index < -0.39 is 0 Å². The topological polar surface area (TPSA) is 45.9 Å². The van der Waals surface area contributed by atoms with Crippen molar-refractivity contribution in [1.29, 1.82) is 0 Å². The number of likely N-dealkylation sites (tertiary alicyclic amines) is 1. The van der Waals surface area contributed by atoms with E-state index in [0.29, 0.717) is 6.42 Å². The lowest BCUT2D eigenvalue weighted by Gasteiger charge is -2.47. The molecule has 0 bridgehead atoms. The summed E-state index contributed by atoms with van der Waals surface area (Å²) in [4.78, 5) is 16.5. The van der Waals surface area contributed by atoms with Gasteiger partial charge < -0.3 is 14.1 Å². The molecular formula is C23H30N2O3. The summed E-state index contributed by atoms with van der Waals surface area (Å²) in [7, 11) is 3.66. The van der Waals surface area contributed by atoms with E-state index in [4.69, 9.17) is 9.15 Å². The van der Waals surface area contributed by atoms with Crippen LogP contribution in [0.5, 0.6) is 5.75 Å². The zero-order valence-corrected chi connectivity index (χ0v) is 17.1. The molecule has 1 fully saturated rings. The lowest BCUT2D eigenvalue weighted by molar-refractivity contribution is -0.129. The maximum atomic E-state index is 12.4. The standard InChI is InChI=1S/C23H30N2O3/c1-17-8-9-19(27-17)16-25-12-10-23(11-13-25)15-18(14-22(26)24(2)3)20-6-4-5-7-21(20)28-23/h4-9,18H,10-16H2,1-3H3/t18-/m1/s1. The summed E-state index contributed by atoms with van der Waals surface area (Å²) >= 11 is 0. The zero-order valence-electron chi connectivity index (χ0n) is 17.1. The van der Waals surface area contributed by atoms with Gasteiger partial charge in [-0.1, -0.05) is 18.2 Å². The lowest BCUT2D eigenvalue weighted by Crippen LogP contribution is -2.50. The van der Waals surface area contributed by atoms with Crippen LogP contribution < -0.4 is 4.74 Å². The summed E-state index contributed by atoms with van der Waals surface area (Å²) in [6.07, 6.45) is 3.42. The Bertz CT molecular complexity index is 834. The second kappa shape index (κ2) is 7.63. The van der Waals surface area contributed by atoms with Gasteiger partial charge in [-0.25, -0.2) is 0 Å². The van der Waals surface area contributed by atoms with Crippen molar-refractivity contribution >= 4 is 5.91 Å². The molecule has 2 aromatic rings. The van der Waals surface area contributed by atoms with Crippen molar-refractivity contribution in [2.45, 2.75) is 50.7 Å². The van der Waals surface area contributed by atoms with Crippen LogP contribution in [0.1, 0.15) is 48.7 Å². The molecule has 0 radical (unpaired) electrons. The quantitative estimate of drug-likeness (QED) is 0.803. The van der Waals surface area contributed by atoms with Crippen molar-refractivity contribution in [3.05, 3.63) is 53.5 Å². The number of furan rings is 1. The molecule has 1 amide bonds. The number of hydrogen-bond acceptors (Lipinski definition) is 4. The molecule has 3 heterocycles. The van der Waals surface area contributed by atoms with Crippen LogP contribution in [0.2, 0.25) is 0 Å². The molecule has 1 saturated heterocycles. The Kier molecular flexibility index (Phi) is 5.19. The van der Waals surface area contributed by atoms with Crippen LogP contribution in [-0.2, 0) is 11.3 Å². The molecule has 5 nitrogen and oxygen atoms in total. The highest BCUT2D eigenvalue weighted by Crippen LogP contribution is 2.46. The first-order chi connectivity index (χ1) is 13.4. The number of hydrogen-bond donors (Lipinski definition) is 0. The predicted molar refractivity (Wildman–Crippen MR) is 108 cm³/mol. The van der Waals surface area contributed by atoms with Crippen LogP contribution in [0.3, 0.4) is 0 Å². The van der Waals surface area contributed by atoms with Gasteiger partial charge in [0.05, 0.1) is 6.54 Å². The third-order valence-corrected chi connectivity index (χ3v) is 6.17. The van der Waals surface area contributed by atoms with E-state index in [2.05, 4.69) is 23.1 Å². The number of nitrogens with zero attached hydrogens (tertiary/aromatic N) is 2. The van der Waals surface area contributed by atoms with Gasteiger partial charge in [-0.3, -0.25) is 9.69 Å². The number of para-hydroxylation sites is 1. The predicted octanol–water partition coefficient (Wildman–Crippen LogP) is 3.97. The Morgan fingerprint density at radius 2 is 1.93 bits per heavy atom. The van der Waals surface area contributed by atoms with Gasteiger partial charge in [0.1, 0.15) is 22.9 Å². The SMILES string of the molecule is Cc1ccc(CN2CCC3(CC2)C[C@@H](CC(=O)N(C)C)c2ccccc2O3)o1. The maximum Gasteiger partial charge on any atom is 0.222 e. The molecule has 0 aliphatic carbocycles. The van der Waals surface area contributed by atoms with Gasteiger partial charge >= 0.3 is 0 Å². The molecule has 28 heavy (non-hydrogen) atoms. The summed E-state index contributed by atoms with van der Waals surface area (Å²) < 4.78 is 12.3. The number of carbonyl (C=O) groups excluding carboxylic acids is 1. The second-order valence-corrected chi connectivity index (χ2v) is 8.50. The maximum absolute atomic E-state index is 12.4. The molecule has 4 rings (SSSR count). The van der Waals surface area contributed by atoms with Gasteiger partial charge in [0.2, 0.25) is 5.91 Å². The number of amides is 1. The molecule has 1 aromatic heterocycles. The van der Waals surface area contributed by atoms with Gasteiger partial charge in [0, 0.05) is 39.5 Å². The van der Waals surface area contributed by atoms with E-state index in [1.165, 1.54) is 5.56 Å². The van der Waals surface area contributed by atoms with Gasteiger partial charge in [0.15, 0.2) is 0 Å². The van der Waals surface area contributed by atoms with Crippen LogP contribution in [0.25, 0.3) is 0 Å². The van der Waals surface area contributed by atoms with Gasteiger partial charge in [-0.15, -0.1) is 0 Å². The van der Waals surface area contributed by atoms with Gasteiger partial charge in [-0.05, 0) is 49.9 Å². The Labute approximate surface area is 167 Å². The molecule has 0 N–H and O–H groups in total. The minimum Gasteiger partial charge on any atom is -0.487 e. The van der Waals surface area contributed by atoms with Crippen molar-refractivity contribution in [2.24, 2.45) is 0 Å². The first-order valence-corrected chi connectivity index (χ1v) is 10.2. The summed E-state index contributed by atoms with van der Waals surface area (Å²) in [5.74, 6) is 3.35. The molecule has 1 aromatic carbocycles. The number of rotatable bonds is 4. The summed E-state index contributed by atoms with van der Waals surface area (Å²) in [6, 6.07) is 12.3. The lowest BCUT2D eigenvalue weighted by atomic mass is 9.76. The average molecular weight is 383 g/mol. The number of fused-ring (bicyclic) bond motifs is 1. The fourth-order valence-corrected chi connectivity index (χ4v) is 4.54. The minimum atomic E-state index is -0.165. The fourth-order valence-electron chi connectivity index (χ4n) is 4.54. The highest BCUT2D eigenvalue weighted by molar-refractivity contribution is 5.76. The third-order valence-electron chi connectivity index (χ3n) is 6.17. The third kappa shape index (κ3) is 3.95. The monoisotopic (exact) mass is 382 g/mol. The molecule has 2 aliphatic heterocycles. The fraction of sp³-hybridized carbons (Fsp3) is 0.522. The smallest absolute Gasteiger partial charge is 0.222 e. The van der Waals surface area contributed by atoms with E-state index in [-0.39, 0.29) is 17.4 Å². The second-order valence-electron chi connectivity index (χ2n) is 8.50. The van der Waals surface area contributed by atoms with E-state index in [9.17, 15) is 4.79 Å². The Morgan fingerprint density at radius 1 is 1.18 bits per heavy atom. The molecular weight excluding hydrogens is 352 g/mol. The first kappa shape index (κ1) is 19.1. The van der Waals surface area contributed by atoms with E-state index in [0.717, 1.165) is 56.2 Å². The van der Waals surface area contributed by atoms with E-state index in [1.807, 2.05) is 39.2 Å². The molecule has 150 valence electrons. The van der Waals surface area contributed by atoms with Crippen LogP contribution in [0.4, 0.5) is 0 Å². The minimum absolute atomic E-state index is 0.165. The summed E-state index contributed by atoms with van der Waals surface area (Å²) in [5.41, 5.74) is 1.01. The molecule has 5 heteroatoms. The zero-order chi connectivity index (χ0) is 19.7. The van der Waals surface area contributed by atoms with E-state index >= 15 is 0 Å². The van der Waals surface area contributed by atoms with Crippen molar-refractivity contribution < 1.29 is 13.9 Å². The van der Waals surface area contributed by atoms with Crippen LogP contribution >= 0.6 is 0 Å². The molecule has 2 aliphatic rings. The molecule has 1 spiro atoms. The van der Waals surface area contributed by atoms with E-state index in [1.54, 1.807) is 4.90 Å². The van der Waals surface area contributed by atoms with Gasteiger partial charge in [-0.2, -0.15) is 0 Å². The number of ether oxygens (including phenoxy) is 1. The number of piperidine rings is 1. The van der Waals surface area contributed by atoms with Gasteiger partial charge in [0.25, 0.3) is 0 Å². The number of aryl methyl sites for hydroxylation is 1. The largest absolute Gasteiger partial charge is 0.487 e. The van der Waals surface area contributed by atoms with Crippen molar-refractivity contribution in [1.82, 2.24) is 9.80 Å². The Balaban J connectivity index is 1.47. The first-order valence-electron chi connectivity index (χ1n) is 10.2. The Hall–Kier alpha value is -2.27. The molecule has 0 saturated carbocycles. The summed E-state index contributed by atoms with van der Waals surface area (Å²) in [6.45, 7) is 4.80. The van der Waals surface area contributed by atoms with Crippen molar-refractivity contribution in [2.75, 3.05) is 27.2 Å². The van der Waals surface area contributed by atoms with Crippen molar-refractivity contribution in [3.8, 4) is 5.75 Å². The molecule has 0 unspecified atom stereocenters. The highest BCUT2D eigenvalue weighted by atomic mass is 16.5. The van der Waals surface area contributed by atoms with Crippen LogP contribution in [-0.4, -0.2) is 48.5 Å². The van der Waals surface area contributed by atoms with Crippen molar-refractivity contribution in [3.63, 3.8) is 0 Å². The number of benzene rings is 1. The molecule has 1 atom stereocenters.